The molecular formula is C16H20N2OS2. The van der Waals surface area contributed by atoms with E-state index in [0.29, 0.717) is 9.23 Å². The summed E-state index contributed by atoms with van der Waals surface area (Å²) in [5.41, 5.74) is 2.16. The maximum atomic E-state index is 12.4. The fourth-order valence-corrected chi connectivity index (χ4v) is 3.52. The second-order valence-electron chi connectivity index (χ2n) is 5.29. The SMILES string of the molecule is CCC(C)N1C(=O)/C(=C/c2ccc(N(C)C)cc2)SC1=S. The standard InChI is InChI=1S/C16H20N2OS2/c1-5-11(2)18-15(19)14(21-16(18)20)10-12-6-8-13(9-7-12)17(3)4/h6-11H,5H2,1-4H3/b14-10-. The van der Waals surface area contributed by atoms with Crippen LogP contribution in [0.25, 0.3) is 6.08 Å². The van der Waals surface area contributed by atoms with Crippen LogP contribution in [0.5, 0.6) is 0 Å². The van der Waals surface area contributed by atoms with Gasteiger partial charge in [-0.3, -0.25) is 9.69 Å². The van der Waals surface area contributed by atoms with Gasteiger partial charge in [0.25, 0.3) is 5.91 Å². The number of nitrogens with zero attached hydrogens (tertiary/aromatic N) is 2. The van der Waals surface area contributed by atoms with E-state index in [-0.39, 0.29) is 11.9 Å². The van der Waals surface area contributed by atoms with Crippen LogP contribution in [-0.2, 0) is 4.79 Å². The van der Waals surface area contributed by atoms with Gasteiger partial charge >= 0.3 is 0 Å². The van der Waals surface area contributed by atoms with Gasteiger partial charge in [0.15, 0.2) is 0 Å². The Bertz CT molecular complexity index is 578. The van der Waals surface area contributed by atoms with Gasteiger partial charge in [0, 0.05) is 25.8 Å². The molecule has 2 rings (SSSR count). The molecule has 0 aliphatic carbocycles. The van der Waals surface area contributed by atoms with Crippen molar-refractivity contribution in [3.8, 4) is 0 Å². The summed E-state index contributed by atoms with van der Waals surface area (Å²) in [7, 11) is 4.01. The predicted molar refractivity (Wildman–Crippen MR) is 95.5 cm³/mol. The molecule has 0 saturated carbocycles. The lowest BCUT2D eigenvalue weighted by molar-refractivity contribution is -0.123. The van der Waals surface area contributed by atoms with Gasteiger partial charge in [-0.1, -0.05) is 43.0 Å². The molecule has 5 heteroatoms. The van der Waals surface area contributed by atoms with E-state index in [0.717, 1.165) is 17.7 Å². The smallest absolute Gasteiger partial charge is 0.266 e. The van der Waals surface area contributed by atoms with Crippen molar-refractivity contribution in [2.24, 2.45) is 0 Å². The molecule has 112 valence electrons. The molecule has 0 aromatic heterocycles. The summed E-state index contributed by atoms with van der Waals surface area (Å²) in [4.78, 5) is 16.9. The van der Waals surface area contributed by atoms with E-state index < -0.39 is 0 Å². The Morgan fingerprint density at radius 3 is 2.48 bits per heavy atom. The third-order valence-corrected chi connectivity index (χ3v) is 4.89. The summed E-state index contributed by atoms with van der Waals surface area (Å²) in [6.45, 7) is 4.09. The van der Waals surface area contributed by atoms with Gasteiger partial charge in [-0.15, -0.1) is 0 Å². The number of thioether (sulfide) groups is 1. The number of hydrogen-bond donors (Lipinski definition) is 0. The van der Waals surface area contributed by atoms with E-state index >= 15 is 0 Å². The first kappa shape index (κ1) is 16.0. The summed E-state index contributed by atoms with van der Waals surface area (Å²) in [6, 6.07) is 8.28. The van der Waals surface area contributed by atoms with Crippen LogP contribution in [0, 0.1) is 0 Å². The molecule has 1 saturated heterocycles. The number of carbonyl (C=O) groups excluding carboxylic acids is 1. The van der Waals surface area contributed by atoms with E-state index in [4.69, 9.17) is 12.2 Å². The number of amides is 1. The Kier molecular flexibility index (Phi) is 5.06. The first-order valence-corrected chi connectivity index (χ1v) is 8.21. The molecule has 1 unspecified atom stereocenters. The molecule has 0 bridgehead atoms. The first-order valence-electron chi connectivity index (χ1n) is 6.98. The molecule has 1 fully saturated rings. The van der Waals surface area contributed by atoms with Crippen molar-refractivity contribution >= 4 is 46.0 Å². The number of benzene rings is 1. The average molecular weight is 320 g/mol. The van der Waals surface area contributed by atoms with E-state index in [2.05, 4.69) is 6.92 Å². The van der Waals surface area contributed by atoms with Crippen LogP contribution in [-0.4, -0.2) is 35.3 Å². The minimum Gasteiger partial charge on any atom is -0.378 e. The number of anilines is 1. The Morgan fingerprint density at radius 1 is 1.33 bits per heavy atom. The maximum Gasteiger partial charge on any atom is 0.266 e. The number of thiocarbonyl (C=S) groups is 1. The second-order valence-corrected chi connectivity index (χ2v) is 6.97. The molecular weight excluding hydrogens is 300 g/mol. The molecule has 0 radical (unpaired) electrons. The van der Waals surface area contributed by atoms with E-state index in [1.165, 1.54) is 11.8 Å². The zero-order chi connectivity index (χ0) is 15.6. The lowest BCUT2D eigenvalue weighted by atomic mass is 10.1. The summed E-state index contributed by atoms with van der Waals surface area (Å²) >= 11 is 6.72. The number of rotatable bonds is 4. The molecule has 1 aliphatic heterocycles. The third-order valence-electron chi connectivity index (χ3n) is 3.56. The van der Waals surface area contributed by atoms with Crippen molar-refractivity contribution in [2.75, 3.05) is 19.0 Å². The highest BCUT2D eigenvalue weighted by Gasteiger charge is 2.34. The molecule has 21 heavy (non-hydrogen) atoms. The molecule has 1 aromatic carbocycles. The normalized spacial score (nSPS) is 18.5. The maximum absolute atomic E-state index is 12.4. The molecule has 0 spiro atoms. The van der Waals surface area contributed by atoms with Crippen molar-refractivity contribution in [3.63, 3.8) is 0 Å². The van der Waals surface area contributed by atoms with Crippen LogP contribution < -0.4 is 4.90 Å². The lowest BCUT2D eigenvalue weighted by Crippen LogP contribution is -2.36. The zero-order valence-electron chi connectivity index (χ0n) is 12.8. The van der Waals surface area contributed by atoms with Crippen molar-refractivity contribution in [1.29, 1.82) is 0 Å². The summed E-state index contributed by atoms with van der Waals surface area (Å²) in [6.07, 6.45) is 2.82. The highest BCUT2D eigenvalue weighted by molar-refractivity contribution is 8.26. The van der Waals surface area contributed by atoms with Crippen molar-refractivity contribution in [1.82, 2.24) is 4.90 Å². The molecule has 1 amide bonds. The number of hydrogen-bond acceptors (Lipinski definition) is 4. The first-order chi connectivity index (χ1) is 9.93. The van der Waals surface area contributed by atoms with Crippen LogP contribution in [0.2, 0.25) is 0 Å². The van der Waals surface area contributed by atoms with Gasteiger partial charge < -0.3 is 4.90 Å². The van der Waals surface area contributed by atoms with E-state index in [1.54, 1.807) is 4.90 Å². The topological polar surface area (TPSA) is 23.6 Å². The molecule has 3 nitrogen and oxygen atoms in total. The Balaban J connectivity index is 2.22. The minimum absolute atomic E-state index is 0.0241. The van der Waals surface area contributed by atoms with E-state index in [9.17, 15) is 4.79 Å². The fraction of sp³-hybridized carbons (Fsp3) is 0.375. The average Bonchev–Trinajstić information content (AvgIpc) is 2.73. The highest BCUT2D eigenvalue weighted by atomic mass is 32.2. The molecule has 1 aliphatic rings. The van der Waals surface area contributed by atoms with Crippen molar-refractivity contribution < 1.29 is 4.79 Å². The minimum atomic E-state index is 0.0241. The monoisotopic (exact) mass is 320 g/mol. The summed E-state index contributed by atoms with van der Waals surface area (Å²) in [5.74, 6) is 0.0241. The van der Waals surface area contributed by atoms with Gasteiger partial charge in [0.05, 0.1) is 4.91 Å². The van der Waals surface area contributed by atoms with E-state index in [1.807, 2.05) is 56.3 Å². The summed E-state index contributed by atoms with van der Waals surface area (Å²) in [5, 5.41) is 0. The molecule has 1 heterocycles. The number of carbonyl (C=O) groups is 1. The van der Waals surface area contributed by atoms with Gasteiger partial charge in [0.2, 0.25) is 0 Å². The van der Waals surface area contributed by atoms with Crippen LogP contribution >= 0.6 is 24.0 Å². The summed E-state index contributed by atoms with van der Waals surface area (Å²) < 4.78 is 0.658. The molecule has 1 aromatic rings. The largest absolute Gasteiger partial charge is 0.378 e. The quantitative estimate of drug-likeness (QED) is 0.623. The third kappa shape index (κ3) is 3.47. The predicted octanol–water partition coefficient (Wildman–Crippen LogP) is 3.75. The Labute approximate surface area is 136 Å². The lowest BCUT2D eigenvalue weighted by Gasteiger charge is -2.21. The van der Waals surface area contributed by atoms with Gasteiger partial charge in [-0.05, 0) is 37.1 Å². The van der Waals surface area contributed by atoms with Crippen LogP contribution in [0.3, 0.4) is 0 Å². The van der Waals surface area contributed by atoms with Crippen molar-refractivity contribution in [3.05, 3.63) is 34.7 Å². The molecule has 1 atom stereocenters. The van der Waals surface area contributed by atoms with Gasteiger partial charge in [-0.2, -0.15) is 0 Å². The Hall–Kier alpha value is -1.33. The highest BCUT2D eigenvalue weighted by Crippen LogP contribution is 2.34. The van der Waals surface area contributed by atoms with Crippen LogP contribution in [0.1, 0.15) is 25.8 Å². The van der Waals surface area contributed by atoms with Gasteiger partial charge in [-0.25, -0.2) is 0 Å². The molecule has 0 N–H and O–H groups in total. The Morgan fingerprint density at radius 2 is 1.95 bits per heavy atom. The fourth-order valence-electron chi connectivity index (χ4n) is 2.06. The van der Waals surface area contributed by atoms with Crippen LogP contribution in [0.4, 0.5) is 5.69 Å². The zero-order valence-corrected chi connectivity index (χ0v) is 14.4. The van der Waals surface area contributed by atoms with Crippen molar-refractivity contribution in [2.45, 2.75) is 26.3 Å². The van der Waals surface area contributed by atoms with Crippen LogP contribution in [0.15, 0.2) is 29.2 Å². The second kappa shape index (κ2) is 6.62. The van der Waals surface area contributed by atoms with Gasteiger partial charge in [0.1, 0.15) is 4.32 Å².